The highest BCUT2D eigenvalue weighted by molar-refractivity contribution is 5.60. The van der Waals surface area contributed by atoms with E-state index >= 15 is 0 Å². The lowest BCUT2D eigenvalue weighted by Gasteiger charge is -2.06. The Labute approximate surface area is 110 Å². The molecule has 3 rings (SSSR count). The first-order valence-electron chi connectivity index (χ1n) is 5.81. The van der Waals surface area contributed by atoms with Crippen molar-refractivity contribution < 1.29 is 0 Å². The zero-order valence-corrected chi connectivity index (χ0v) is 10.4. The molecule has 0 radical (unpaired) electrons. The number of nitrogen functional groups attached to an aromatic ring is 1. The lowest BCUT2D eigenvalue weighted by atomic mass is 10.1. The summed E-state index contributed by atoms with van der Waals surface area (Å²) >= 11 is 0. The minimum atomic E-state index is 0.179. The molecule has 0 amide bonds. The van der Waals surface area contributed by atoms with Crippen molar-refractivity contribution in [1.82, 2.24) is 24.7 Å². The highest BCUT2D eigenvalue weighted by atomic mass is 15.4. The molecule has 6 nitrogen and oxygen atoms in total. The molecule has 2 aromatic heterocycles. The molecule has 0 atom stereocenters. The molecule has 19 heavy (non-hydrogen) atoms. The quantitative estimate of drug-likeness (QED) is 0.749. The summed E-state index contributed by atoms with van der Waals surface area (Å²) < 4.78 is 1.56. The van der Waals surface area contributed by atoms with Gasteiger partial charge in [0.25, 0.3) is 5.95 Å². The van der Waals surface area contributed by atoms with Crippen LogP contribution in [0.5, 0.6) is 0 Å². The molecule has 2 N–H and O–H groups in total. The summed E-state index contributed by atoms with van der Waals surface area (Å²) in [5.74, 6) is 1.14. The Balaban J connectivity index is 2.16. The minimum Gasteiger partial charge on any atom is -0.368 e. The largest absolute Gasteiger partial charge is 0.368 e. The normalized spacial score (nSPS) is 10.6. The van der Waals surface area contributed by atoms with Crippen molar-refractivity contribution >= 4 is 5.95 Å². The molecule has 0 saturated carbocycles. The maximum absolute atomic E-state index is 5.75. The molecule has 0 aliphatic rings. The molecule has 0 bridgehead atoms. The topological polar surface area (TPSA) is 82.5 Å². The SMILES string of the molecule is Cc1ccccc1-c1nc(N)nc(-n2cccn2)n1. The maximum Gasteiger partial charge on any atom is 0.255 e. The number of hydrogen-bond donors (Lipinski definition) is 1. The van der Waals surface area contributed by atoms with Crippen LogP contribution in [-0.4, -0.2) is 24.7 Å². The Morgan fingerprint density at radius 2 is 1.89 bits per heavy atom. The van der Waals surface area contributed by atoms with Crippen LogP contribution in [0.2, 0.25) is 0 Å². The van der Waals surface area contributed by atoms with E-state index in [0.29, 0.717) is 11.8 Å². The van der Waals surface area contributed by atoms with Gasteiger partial charge in [-0.05, 0) is 18.6 Å². The first-order chi connectivity index (χ1) is 9.24. The molecule has 0 unspecified atom stereocenters. The van der Waals surface area contributed by atoms with Crippen molar-refractivity contribution in [3.05, 3.63) is 48.3 Å². The van der Waals surface area contributed by atoms with E-state index in [1.54, 1.807) is 23.1 Å². The first-order valence-corrected chi connectivity index (χ1v) is 5.81. The Morgan fingerprint density at radius 1 is 1.05 bits per heavy atom. The van der Waals surface area contributed by atoms with Crippen molar-refractivity contribution in [2.75, 3.05) is 5.73 Å². The third-order valence-corrected chi connectivity index (χ3v) is 2.74. The van der Waals surface area contributed by atoms with E-state index in [1.165, 1.54) is 0 Å². The van der Waals surface area contributed by atoms with E-state index in [0.717, 1.165) is 11.1 Å². The van der Waals surface area contributed by atoms with E-state index < -0.39 is 0 Å². The number of aromatic nitrogens is 5. The van der Waals surface area contributed by atoms with Gasteiger partial charge in [-0.15, -0.1) is 0 Å². The fraction of sp³-hybridized carbons (Fsp3) is 0.0769. The number of nitrogens with two attached hydrogens (primary N) is 1. The lowest BCUT2D eigenvalue weighted by molar-refractivity contribution is 0.801. The summed E-state index contributed by atoms with van der Waals surface area (Å²) in [7, 11) is 0. The summed E-state index contributed by atoms with van der Waals surface area (Å²) in [4.78, 5) is 12.7. The zero-order chi connectivity index (χ0) is 13.2. The monoisotopic (exact) mass is 252 g/mol. The molecule has 0 aliphatic heterocycles. The molecule has 3 aromatic rings. The van der Waals surface area contributed by atoms with Crippen molar-refractivity contribution in [3.63, 3.8) is 0 Å². The number of anilines is 1. The maximum atomic E-state index is 5.75. The molecular weight excluding hydrogens is 240 g/mol. The summed E-state index contributed by atoms with van der Waals surface area (Å²) in [5, 5.41) is 4.09. The van der Waals surface area contributed by atoms with E-state index in [9.17, 15) is 0 Å². The lowest BCUT2D eigenvalue weighted by Crippen LogP contribution is -2.08. The highest BCUT2D eigenvalue weighted by Gasteiger charge is 2.10. The van der Waals surface area contributed by atoms with Crippen LogP contribution in [0.4, 0.5) is 5.95 Å². The predicted molar refractivity (Wildman–Crippen MR) is 71.5 cm³/mol. The van der Waals surface area contributed by atoms with Gasteiger partial charge in [0.2, 0.25) is 5.95 Å². The van der Waals surface area contributed by atoms with Crippen LogP contribution < -0.4 is 5.73 Å². The Hall–Kier alpha value is -2.76. The fourth-order valence-corrected chi connectivity index (χ4v) is 1.81. The molecule has 2 heterocycles. The van der Waals surface area contributed by atoms with Gasteiger partial charge < -0.3 is 5.73 Å². The second-order valence-corrected chi connectivity index (χ2v) is 4.08. The van der Waals surface area contributed by atoms with Gasteiger partial charge in [-0.1, -0.05) is 24.3 Å². The third kappa shape index (κ3) is 2.15. The van der Waals surface area contributed by atoms with Gasteiger partial charge in [0.15, 0.2) is 5.82 Å². The second-order valence-electron chi connectivity index (χ2n) is 4.08. The van der Waals surface area contributed by atoms with Gasteiger partial charge in [0, 0.05) is 18.0 Å². The van der Waals surface area contributed by atoms with Crippen LogP contribution in [-0.2, 0) is 0 Å². The molecule has 1 aromatic carbocycles. The third-order valence-electron chi connectivity index (χ3n) is 2.74. The van der Waals surface area contributed by atoms with Crippen LogP contribution >= 0.6 is 0 Å². The summed E-state index contributed by atoms with van der Waals surface area (Å²) in [6.45, 7) is 2.00. The predicted octanol–water partition coefficient (Wildman–Crippen LogP) is 1.61. The Morgan fingerprint density at radius 3 is 2.63 bits per heavy atom. The molecule has 0 fully saturated rings. The van der Waals surface area contributed by atoms with Gasteiger partial charge in [0.05, 0.1) is 0 Å². The number of benzene rings is 1. The van der Waals surface area contributed by atoms with Gasteiger partial charge in [-0.2, -0.15) is 20.1 Å². The summed E-state index contributed by atoms with van der Waals surface area (Å²) in [6, 6.07) is 9.67. The Kier molecular flexibility index (Phi) is 2.68. The van der Waals surface area contributed by atoms with Gasteiger partial charge in [-0.3, -0.25) is 0 Å². The smallest absolute Gasteiger partial charge is 0.255 e. The van der Waals surface area contributed by atoms with E-state index in [4.69, 9.17) is 5.73 Å². The molecular formula is C13H12N6. The highest BCUT2D eigenvalue weighted by Crippen LogP contribution is 2.20. The average molecular weight is 252 g/mol. The van der Waals surface area contributed by atoms with Crippen molar-refractivity contribution in [3.8, 4) is 17.3 Å². The zero-order valence-electron chi connectivity index (χ0n) is 10.4. The molecule has 0 aliphatic carbocycles. The van der Waals surface area contributed by atoms with E-state index in [-0.39, 0.29) is 5.95 Å². The number of hydrogen-bond acceptors (Lipinski definition) is 5. The van der Waals surface area contributed by atoms with Gasteiger partial charge >= 0.3 is 0 Å². The standard InChI is InChI=1S/C13H12N6/c1-9-5-2-3-6-10(9)11-16-12(14)18-13(17-11)19-8-4-7-15-19/h2-8H,1H3,(H2,14,16,17,18). The number of nitrogens with zero attached hydrogens (tertiary/aromatic N) is 5. The second kappa shape index (κ2) is 4.49. The summed E-state index contributed by atoms with van der Waals surface area (Å²) in [5.41, 5.74) is 7.77. The van der Waals surface area contributed by atoms with Crippen LogP contribution in [0.3, 0.4) is 0 Å². The molecule has 0 saturated heterocycles. The fourth-order valence-electron chi connectivity index (χ4n) is 1.81. The first kappa shape index (κ1) is 11.3. The van der Waals surface area contributed by atoms with E-state index in [1.807, 2.05) is 31.2 Å². The van der Waals surface area contributed by atoms with Crippen LogP contribution in [0.25, 0.3) is 17.3 Å². The Bertz CT molecular complexity index is 705. The molecule has 0 spiro atoms. The van der Waals surface area contributed by atoms with Crippen LogP contribution in [0, 0.1) is 6.92 Å². The van der Waals surface area contributed by atoms with Gasteiger partial charge in [-0.25, -0.2) is 4.68 Å². The average Bonchev–Trinajstić information content (AvgIpc) is 2.92. The van der Waals surface area contributed by atoms with Gasteiger partial charge in [0.1, 0.15) is 0 Å². The summed E-state index contributed by atoms with van der Waals surface area (Å²) in [6.07, 6.45) is 3.42. The van der Waals surface area contributed by atoms with Crippen LogP contribution in [0.15, 0.2) is 42.7 Å². The van der Waals surface area contributed by atoms with Crippen molar-refractivity contribution in [2.45, 2.75) is 6.92 Å². The minimum absolute atomic E-state index is 0.179. The van der Waals surface area contributed by atoms with E-state index in [2.05, 4.69) is 20.1 Å². The molecule has 6 heteroatoms. The van der Waals surface area contributed by atoms with Crippen LogP contribution in [0.1, 0.15) is 5.56 Å². The van der Waals surface area contributed by atoms with Crippen molar-refractivity contribution in [1.29, 1.82) is 0 Å². The number of rotatable bonds is 2. The number of aryl methyl sites for hydroxylation is 1. The van der Waals surface area contributed by atoms with Crippen molar-refractivity contribution in [2.24, 2.45) is 0 Å². The molecule has 94 valence electrons.